The van der Waals surface area contributed by atoms with Gasteiger partial charge in [-0.2, -0.15) is 10.5 Å². The van der Waals surface area contributed by atoms with Crippen LogP contribution in [-0.2, 0) is 6.42 Å². The summed E-state index contributed by atoms with van der Waals surface area (Å²) in [4.78, 5) is 17.6. The maximum atomic E-state index is 12.6. The van der Waals surface area contributed by atoms with Crippen molar-refractivity contribution in [2.45, 2.75) is 31.1 Å². The number of unbranched alkanes of at least 4 members (excludes halogenated alkanes) is 1. The van der Waals surface area contributed by atoms with E-state index in [-0.39, 0.29) is 16.9 Å². The van der Waals surface area contributed by atoms with E-state index in [1.54, 1.807) is 0 Å². The number of anilines is 1. The standard InChI is InChI=1S/C15H15N5OS/c1-3-4-5-10-11(7-17)15(21)20-13(18)9(6-16)8-19-14(20)12(10)22-2/h8H,3-5,18H2,1-2H3. The molecule has 2 aromatic rings. The second kappa shape index (κ2) is 6.50. The number of hydrogen-bond donors (Lipinski definition) is 1. The average Bonchev–Trinajstić information content (AvgIpc) is 2.53. The van der Waals surface area contributed by atoms with E-state index in [4.69, 9.17) is 11.0 Å². The summed E-state index contributed by atoms with van der Waals surface area (Å²) in [5.41, 5.74) is 6.72. The molecule has 0 saturated heterocycles. The molecule has 0 radical (unpaired) electrons. The van der Waals surface area contributed by atoms with Gasteiger partial charge in [0.1, 0.15) is 29.1 Å². The topological polar surface area (TPSA) is 108 Å². The fourth-order valence-corrected chi connectivity index (χ4v) is 3.12. The fraction of sp³-hybridized carbons (Fsp3) is 0.333. The number of aromatic nitrogens is 2. The molecule has 0 fully saturated rings. The summed E-state index contributed by atoms with van der Waals surface area (Å²) in [7, 11) is 0. The van der Waals surface area contributed by atoms with Gasteiger partial charge in [-0.3, -0.25) is 4.79 Å². The highest BCUT2D eigenvalue weighted by Crippen LogP contribution is 2.28. The van der Waals surface area contributed by atoms with Crippen LogP contribution < -0.4 is 11.3 Å². The minimum atomic E-state index is -0.511. The average molecular weight is 313 g/mol. The third-order valence-corrected chi connectivity index (χ3v) is 4.29. The first-order valence-electron chi connectivity index (χ1n) is 6.80. The highest BCUT2D eigenvalue weighted by atomic mass is 32.2. The molecule has 0 aliphatic carbocycles. The number of rotatable bonds is 4. The molecule has 0 aliphatic heterocycles. The van der Waals surface area contributed by atoms with Crippen molar-refractivity contribution in [2.75, 3.05) is 12.0 Å². The van der Waals surface area contributed by atoms with Gasteiger partial charge >= 0.3 is 0 Å². The van der Waals surface area contributed by atoms with Crippen molar-refractivity contribution in [1.82, 2.24) is 9.38 Å². The van der Waals surface area contributed by atoms with E-state index >= 15 is 0 Å². The monoisotopic (exact) mass is 313 g/mol. The minimum absolute atomic E-state index is 0.0198. The van der Waals surface area contributed by atoms with Crippen LogP contribution in [0.2, 0.25) is 0 Å². The number of thioether (sulfide) groups is 1. The lowest BCUT2D eigenvalue weighted by atomic mass is 10.0. The summed E-state index contributed by atoms with van der Waals surface area (Å²) < 4.78 is 1.17. The zero-order chi connectivity index (χ0) is 16.3. The minimum Gasteiger partial charge on any atom is -0.384 e. The number of nitrogen functional groups attached to an aromatic ring is 1. The molecule has 0 amide bonds. The summed E-state index contributed by atoms with van der Waals surface area (Å²) in [6.07, 6.45) is 5.71. The van der Waals surface area contributed by atoms with E-state index in [1.165, 1.54) is 22.4 Å². The zero-order valence-corrected chi connectivity index (χ0v) is 13.2. The molecule has 2 aromatic heterocycles. The van der Waals surface area contributed by atoms with Gasteiger partial charge in [-0.05, 0) is 24.7 Å². The largest absolute Gasteiger partial charge is 0.384 e. The van der Waals surface area contributed by atoms with Crippen molar-refractivity contribution in [3.05, 3.63) is 33.2 Å². The lowest BCUT2D eigenvalue weighted by Crippen LogP contribution is -2.24. The van der Waals surface area contributed by atoms with E-state index < -0.39 is 5.56 Å². The molecular weight excluding hydrogens is 298 g/mol. The van der Waals surface area contributed by atoms with Gasteiger partial charge in [-0.25, -0.2) is 9.38 Å². The second-order valence-electron chi connectivity index (χ2n) is 4.74. The van der Waals surface area contributed by atoms with Gasteiger partial charge in [-0.1, -0.05) is 13.3 Å². The first-order valence-corrected chi connectivity index (χ1v) is 8.03. The van der Waals surface area contributed by atoms with Crippen molar-refractivity contribution < 1.29 is 0 Å². The normalized spacial score (nSPS) is 10.4. The molecule has 0 saturated carbocycles. The third-order valence-electron chi connectivity index (χ3n) is 3.46. The van der Waals surface area contributed by atoms with Crippen molar-refractivity contribution in [1.29, 1.82) is 10.5 Å². The highest BCUT2D eigenvalue weighted by molar-refractivity contribution is 7.98. The zero-order valence-electron chi connectivity index (χ0n) is 12.4. The maximum absolute atomic E-state index is 12.6. The molecule has 22 heavy (non-hydrogen) atoms. The van der Waals surface area contributed by atoms with Crippen molar-refractivity contribution in [2.24, 2.45) is 0 Å². The van der Waals surface area contributed by atoms with Gasteiger partial charge in [0.25, 0.3) is 5.56 Å². The summed E-state index contributed by atoms with van der Waals surface area (Å²) in [5, 5.41) is 18.4. The summed E-state index contributed by atoms with van der Waals surface area (Å²) in [5.74, 6) is 0.0198. The predicted molar refractivity (Wildman–Crippen MR) is 85.7 cm³/mol. The van der Waals surface area contributed by atoms with Crippen LogP contribution in [0.4, 0.5) is 5.82 Å². The number of pyridine rings is 1. The maximum Gasteiger partial charge on any atom is 0.276 e. The van der Waals surface area contributed by atoms with Gasteiger partial charge in [0.05, 0.1) is 11.1 Å². The van der Waals surface area contributed by atoms with E-state index in [0.717, 1.165) is 23.3 Å². The van der Waals surface area contributed by atoms with Crippen molar-refractivity contribution >= 4 is 23.2 Å². The first kappa shape index (κ1) is 15.9. The van der Waals surface area contributed by atoms with Crippen LogP contribution in [0.1, 0.15) is 36.5 Å². The van der Waals surface area contributed by atoms with E-state index in [2.05, 4.69) is 4.98 Å². The van der Waals surface area contributed by atoms with Crippen LogP contribution in [0.25, 0.3) is 5.65 Å². The van der Waals surface area contributed by atoms with Crippen LogP contribution in [0, 0.1) is 22.7 Å². The molecule has 7 heteroatoms. The van der Waals surface area contributed by atoms with Crippen LogP contribution in [0.3, 0.4) is 0 Å². The Bertz CT molecular complexity index is 873. The number of nitriles is 2. The Kier molecular flexibility index (Phi) is 4.69. The molecule has 0 atom stereocenters. The fourth-order valence-electron chi connectivity index (χ4n) is 2.35. The summed E-state index contributed by atoms with van der Waals surface area (Å²) in [6, 6.07) is 3.89. The molecular formula is C15H15N5OS. The number of nitrogens with two attached hydrogens (primary N) is 1. The molecule has 0 aliphatic rings. The van der Waals surface area contributed by atoms with Crippen LogP contribution in [0.15, 0.2) is 15.9 Å². The SMILES string of the molecule is CCCCc1c(C#N)c(=O)n2c(N)c(C#N)cnc2c1SC. The number of fused-ring (bicyclic) bond motifs is 1. The van der Waals surface area contributed by atoms with E-state index in [1.807, 2.05) is 25.3 Å². The van der Waals surface area contributed by atoms with Gasteiger partial charge < -0.3 is 5.73 Å². The van der Waals surface area contributed by atoms with Crippen LogP contribution in [0.5, 0.6) is 0 Å². The highest BCUT2D eigenvalue weighted by Gasteiger charge is 2.20. The molecule has 112 valence electrons. The lowest BCUT2D eigenvalue weighted by molar-refractivity contribution is 0.778. The van der Waals surface area contributed by atoms with E-state index in [9.17, 15) is 10.1 Å². The summed E-state index contributed by atoms with van der Waals surface area (Å²) >= 11 is 1.42. The Labute approximate surface area is 132 Å². The molecule has 0 bridgehead atoms. The molecule has 2 rings (SSSR count). The lowest BCUT2D eigenvalue weighted by Gasteiger charge is -2.14. The molecule has 0 aromatic carbocycles. The Morgan fingerprint density at radius 2 is 2.14 bits per heavy atom. The van der Waals surface area contributed by atoms with Gasteiger partial charge in [0, 0.05) is 0 Å². The smallest absolute Gasteiger partial charge is 0.276 e. The molecule has 0 spiro atoms. The Morgan fingerprint density at radius 1 is 1.41 bits per heavy atom. The molecule has 2 N–H and O–H groups in total. The summed E-state index contributed by atoms with van der Waals surface area (Å²) in [6.45, 7) is 2.05. The van der Waals surface area contributed by atoms with Crippen LogP contribution >= 0.6 is 11.8 Å². The Hall–Kier alpha value is -2.51. The molecule has 6 nitrogen and oxygen atoms in total. The third kappa shape index (κ3) is 2.40. The number of hydrogen-bond acceptors (Lipinski definition) is 6. The van der Waals surface area contributed by atoms with Crippen molar-refractivity contribution in [3.8, 4) is 12.1 Å². The quantitative estimate of drug-likeness (QED) is 0.866. The van der Waals surface area contributed by atoms with Gasteiger partial charge in [-0.15, -0.1) is 11.8 Å². The molecule has 2 heterocycles. The number of nitrogens with zero attached hydrogens (tertiary/aromatic N) is 4. The van der Waals surface area contributed by atoms with Crippen molar-refractivity contribution in [3.63, 3.8) is 0 Å². The predicted octanol–water partition coefficient (Wildman–Crippen LogP) is 2.08. The Morgan fingerprint density at radius 3 is 2.68 bits per heavy atom. The molecule has 0 unspecified atom stereocenters. The van der Waals surface area contributed by atoms with Crippen LogP contribution in [-0.4, -0.2) is 15.6 Å². The first-order chi connectivity index (χ1) is 10.6. The van der Waals surface area contributed by atoms with E-state index in [0.29, 0.717) is 12.1 Å². The Balaban J connectivity index is 2.98. The second-order valence-corrected chi connectivity index (χ2v) is 5.55. The van der Waals surface area contributed by atoms with Gasteiger partial charge in [0.2, 0.25) is 0 Å². The van der Waals surface area contributed by atoms with Gasteiger partial charge in [0.15, 0.2) is 5.65 Å².